The van der Waals surface area contributed by atoms with Crippen LogP contribution in [0.3, 0.4) is 0 Å². The number of sulfonamides is 1. The lowest BCUT2D eigenvalue weighted by Crippen LogP contribution is -2.15. The number of nitrogens with zero attached hydrogens (tertiary/aromatic N) is 2. The van der Waals surface area contributed by atoms with Gasteiger partial charge < -0.3 is 5.32 Å². The van der Waals surface area contributed by atoms with Crippen molar-refractivity contribution in [3.8, 4) is 16.9 Å². The Balaban J connectivity index is 1.68. The molecule has 1 heterocycles. The van der Waals surface area contributed by atoms with Gasteiger partial charge in [-0.3, -0.25) is 4.79 Å². The Bertz CT molecular complexity index is 1360. The fourth-order valence-electron chi connectivity index (χ4n) is 3.41. The van der Waals surface area contributed by atoms with Crippen LogP contribution in [0.25, 0.3) is 16.9 Å². The minimum absolute atomic E-state index is 0.261. The second-order valence-electron chi connectivity index (χ2n) is 7.44. The number of benzene rings is 3. The maximum Gasteiger partial charge on any atom is 0.259 e. The third-order valence-corrected chi connectivity index (χ3v) is 5.70. The summed E-state index contributed by atoms with van der Waals surface area (Å²) < 4.78 is 24.2. The van der Waals surface area contributed by atoms with Gasteiger partial charge in [-0.25, -0.2) is 18.2 Å². The van der Waals surface area contributed by atoms with Crippen LogP contribution in [0.1, 0.15) is 21.5 Å². The molecule has 4 rings (SSSR count). The Morgan fingerprint density at radius 2 is 1.62 bits per heavy atom. The summed E-state index contributed by atoms with van der Waals surface area (Å²) in [6.45, 7) is 1.97. The van der Waals surface area contributed by atoms with Crippen LogP contribution < -0.4 is 10.5 Å². The zero-order chi connectivity index (χ0) is 22.7. The molecular formula is C24H22N4O3S. The Labute approximate surface area is 186 Å². The number of carbonyl (C=O) groups excluding carboxylic acids is 1. The normalized spacial score (nSPS) is 11.3. The molecule has 0 unspecified atom stereocenters. The standard InChI is InChI=1S/C24H22N4O3S/c1-17-7-5-6-10-21(17)23-22(15-28(27-23)20-8-3-2-4-9-20)24(29)26-19-13-11-18(12-14-19)16-32(25,30)31/h2-15H,16H2,1H3,(H,26,29)(H2,25,30,31). The Hall–Kier alpha value is -3.75. The van der Waals surface area contributed by atoms with Crippen LogP contribution in [0.15, 0.2) is 85.1 Å². The van der Waals surface area contributed by atoms with E-state index in [0.29, 0.717) is 22.5 Å². The molecule has 0 saturated carbocycles. The van der Waals surface area contributed by atoms with Crippen molar-refractivity contribution in [3.63, 3.8) is 0 Å². The molecule has 1 amide bonds. The molecule has 162 valence electrons. The molecule has 32 heavy (non-hydrogen) atoms. The average Bonchev–Trinajstić information content (AvgIpc) is 3.20. The van der Waals surface area contributed by atoms with E-state index in [4.69, 9.17) is 10.2 Å². The van der Waals surface area contributed by atoms with E-state index in [0.717, 1.165) is 16.8 Å². The predicted octanol–water partition coefficient (Wildman–Crippen LogP) is 3.89. The molecule has 0 aliphatic rings. The zero-order valence-electron chi connectivity index (χ0n) is 17.4. The molecule has 7 nitrogen and oxygen atoms in total. The van der Waals surface area contributed by atoms with Gasteiger partial charge in [0, 0.05) is 17.4 Å². The highest BCUT2D eigenvalue weighted by Gasteiger charge is 2.20. The van der Waals surface area contributed by atoms with E-state index >= 15 is 0 Å². The molecule has 0 aliphatic heterocycles. The molecule has 3 N–H and O–H groups in total. The van der Waals surface area contributed by atoms with E-state index in [2.05, 4.69) is 5.32 Å². The number of aromatic nitrogens is 2. The maximum absolute atomic E-state index is 13.2. The first-order chi connectivity index (χ1) is 15.3. The van der Waals surface area contributed by atoms with E-state index in [1.165, 1.54) is 0 Å². The van der Waals surface area contributed by atoms with Crippen molar-refractivity contribution in [1.82, 2.24) is 9.78 Å². The third kappa shape index (κ3) is 4.93. The van der Waals surface area contributed by atoms with Gasteiger partial charge in [-0.1, -0.05) is 54.6 Å². The number of primary sulfonamides is 1. The lowest BCUT2D eigenvalue weighted by molar-refractivity contribution is 0.102. The molecule has 0 bridgehead atoms. The molecule has 3 aromatic carbocycles. The highest BCUT2D eigenvalue weighted by Crippen LogP contribution is 2.27. The molecule has 0 atom stereocenters. The van der Waals surface area contributed by atoms with Crippen molar-refractivity contribution in [2.24, 2.45) is 5.14 Å². The molecule has 0 spiro atoms. The van der Waals surface area contributed by atoms with Gasteiger partial charge in [-0.15, -0.1) is 0 Å². The number of para-hydroxylation sites is 1. The predicted molar refractivity (Wildman–Crippen MR) is 125 cm³/mol. The number of anilines is 1. The average molecular weight is 447 g/mol. The number of rotatable bonds is 6. The summed E-state index contributed by atoms with van der Waals surface area (Å²) in [6.07, 6.45) is 1.71. The van der Waals surface area contributed by atoms with Gasteiger partial charge in [0.25, 0.3) is 5.91 Å². The van der Waals surface area contributed by atoms with Gasteiger partial charge in [0.15, 0.2) is 0 Å². The van der Waals surface area contributed by atoms with E-state index in [1.807, 2.05) is 61.5 Å². The van der Waals surface area contributed by atoms with Crippen molar-refractivity contribution in [2.75, 3.05) is 5.32 Å². The SMILES string of the molecule is Cc1ccccc1-c1nn(-c2ccccc2)cc1C(=O)Nc1ccc(CS(N)(=O)=O)cc1. The quantitative estimate of drug-likeness (QED) is 0.468. The Morgan fingerprint density at radius 1 is 0.969 bits per heavy atom. The van der Waals surface area contributed by atoms with Crippen molar-refractivity contribution < 1.29 is 13.2 Å². The summed E-state index contributed by atoms with van der Waals surface area (Å²) in [5.41, 5.74) is 4.81. The summed E-state index contributed by atoms with van der Waals surface area (Å²) in [7, 11) is -3.62. The summed E-state index contributed by atoms with van der Waals surface area (Å²) in [6, 6.07) is 23.9. The van der Waals surface area contributed by atoms with Crippen LogP contribution in [0.2, 0.25) is 0 Å². The van der Waals surface area contributed by atoms with Crippen molar-refractivity contribution in [2.45, 2.75) is 12.7 Å². The first-order valence-corrected chi connectivity index (χ1v) is 11.6. The number of hydrogen-bond donors (Lipinski definition) is 2. The topological polar surface area (TPSA) is 107 Å². The van der Waals surface area contributed by atoms with Crippen LogP contribution in [-0.4, -0.2) is 24.1 Å². The van der Waals surface area contributed by atoms with Crippen molar-refractivity contribution in [1.29, 1.82) is 0 Å². The van der Waals surface area contributed by atoms with Crippen molar-refractivity contribution >= 4 is 21.6 Å². The summed E-state index contributed by atoms with van der Waals surface area (Å²) in [5, 5.41) is 12.7. The Morgan fingerprint density at radius 3 is 2.28 bits per heavy atom. The monoisotopic (exact) mass is 446 g/mol. The molecule has 0 radical (unpaired) electrons. The van der Waals surface area contributed by atoms with Gasteiger partial charge in [0.05, 0.1) is 17.0 Å². The first-order valence-electron chi connectivity index (χ1n) is 9.92. The number of amides is 1. The molecule has 1 aromatic heterocycles. The van der Waals surface area contributed by atoms with Crippen molar-refractivity contribution in [3.05, 3.63) is 102 Å². The minimum Gasteiger partial charge on any atom is -0.322 e. The molecule has 0 fully saturated rings. The van der Waals surface area contributed by atoms with Crippen LogP contribution in [0.4, 0.5) is 5.69 Å². The number of aryl methyl sites for hydroxylation is 1. The van der Waals surface area contributed by atoms with Crippen LogP contribution in [-0.2, 0) is 15.8 Å². The maximum atomic E-state index is 13.2. The largest absolute Gasteiger partial charge is 0.322 e. The highest BCUT2D eigenvalue weighted by atomic mass is 32.2. The molecule has 8 heteroatoms. The summed E-state index contributed by atoms with van der Waals surface area (Å²) in [4.78, 5) is 13.2. The van der Waals surface area contributed by atoms with Gasteiger partial charge >= 0.3 is 0 Å². The Kier molecular flexibility index (Phi) is 5.89. The van der Waals surface area contributed by atoms with Gasteiger partial charge in [0.1, 0.15) is 5.69 Å². The number of nitrogens with two attached hydrogens (primary N) is 1. The second-order valence-corrected chi connectivity index (χ2v) is 9.06. The highest BCUT2D eigenvalue weighted by molar-refractivity contribution is 7.88. The number of hydrogen-bond acceptors (Lipinski definition) is 4. The lowest BCUT2D eigenvalue weighted by Gasteiger charge is -2.08. The van der Waals surface area contributed by atoms with E-state index < -0.39 is 10.0 Å². The molecule has 0 aliphatic carbocycles. The lowest BCUT2D eigenvalue weighted by atomic mass is 10.0. The first kappa shape index (κ1) is 21.5. The number of carbonyl (C=O) groups is 1. The molecular weight excluding hydrogens is 424 g/mol. The van der Waals surface area contributed by atoms with E-state index in [9.17, 15) is 13.2 Å². The van der Waals surface area contributed by atoms with E-state index in [-0.39, 0.29) is 11.7 Å². The molecule has 4 aromatic rings. The number of nitrogens with one attached hydrogen (secondary N) is 1. The fourth-order valence-corrected chi connectivity index (χ4v) is 4.06. The fraction of sp³-hybridized carbons (Fsp3) is 0.0833. The smallest absolute Gasteiger partial charge is 0.259 e. The van der Waals surface area contributed by atoms with Crippen LogP contribution >= 0.6 is 0 Å². The molecule has 0 saturated heterocycles. The summed E-state index contributed by atoms with van der Waals surface area (Å²) in [5.74, 6) is -0.577. The van der Waals surface area contributed by atoms with Gasteiger partial charge in [-0.2, -0.15) is 5.10 Å². The van der Waals surface area contributed by atoms with Gasteiger partial charge in [0.2, 0.25) is 10.0 Å². The van der Waals surface area contributed by atoms with Crippen LogP contribution in [0, 0.1) is 6.92 Å². The minimum atomic E-state index is -3.62. The second kappa shape index (κ2) is 8.78. The van der Waals surface area contributed by atoms with Crippen LogP contribution in [0.5, 0.6) is 0 Å². The van der Waals surface area contributed by atoms with Gasteiger partial charge in [-0.05, 0) is 42.3 Å². The zero-order valence-corrected chi connectivity index (χ0v) is 18.2. The third-order valence-electron chi connectivity index (χ3n) is 4.96. The van der Waals surface area contributed by atoms with E-state index in [1.54, 1.807) is 35.1 Å². The summed E-state index contributed by atoms with van der Waals surface area (Å²) >= 11 is 0.